The molecule has 0 radical (unpaired) electrons. The van der Waals surface area contributed by atoms with E-state index >= 15 is 0 Å². The Hall–Kier alpha value is -0.790. The first-order valence-corrected chi connectivity index (χ1v) is 19.7. The topological polar surface area (TPSA) is 35.5 Å². The van der Waals surface area contributed by atoms with E-state index in [1.54, 1.807) is 0 Å². The number of rotatable bonds is 25. The smallest absolute Gasteiger partial charge is 0.379 e. The first kappa shape index (κ1) is 39.2. The van der Waals surface area contributed by atoms with Crippen LogP contribution in [-0.2, 0) is 19.9 Å². The molecule has 0 saturated carbocycles. The molecule has 0 aromatic heterocycles. The summed E-state index contributed by atoms with van der Waals surface area (Å²) in [5.74, 6) is 0.731. The summed E-state index contributed by atoms with van der Waals surface area (Å²) in [6.45, 7) is 18.4. The maximum absolute atomic E-state index is 14.2. The van der Waals surface area contributed by atoms with E-state index in [1.165, 1.54) is 108 Å². The molecule has 0 aliphatic rings. The highest BCUT2D eigenvalue weighted by molar-refractivity contribution is 7.54. The van der Waals surface area contributed by atoms with E-state index in [9.17, 15) is 4.57 Å². The van der Waals surface area contributed by atoms with Gasteiger partial charge in [0.25, 0.3) is 0 Å². The Morgan fingerprint density at radius 3 is 1.43 bits per heavy atom. The van der Waals surface area contributed by atoms with E-state index in [0.29, 0.717) is 12.8 Å². The lowest BCUT2D eigenvalue weighted by atomic mass is 9.80. The van der Waals surface area contributed by atoms with Gasteiger partial charge in [-0.2, -0.15) is 0 Å². The molecule has 1 aromatic carbocycles. The minimum absolute atomic E-state index is 0.0459. The molecule has 0 bridgehead atoms. The molecule has 1 atom stereocenters. The zero-order valence-electron chi connectivity index (χ0n) is 29.5. The SMILES string of the molecule is CCCCCCCCCCCCOP(=O)(CCCCCCCCCCCC)Oc1ccc(C(C)(C)C)cc1C(C)(C)C. The minimum atomic E-state index is -3.24. The molecule has 0 amide bonds. The van der Waals surface area contributed by atoms with Crippen LogP contribution in [0, 0.1) is 0 Å². The van der Waals surface area contributed by atoms with Crippen LogP contribution in [0.25, 0.3) is 0 Å². The molecular formula is C38H71O3P. The Labute approximate surface area is 263 Å². The Bertz CT molecular complexity index is 849. The first-order chi connectivity index (χ1) is 19.9. The largest absolute Gasteiger partial charge is 0.424 e. The van der Waals surface area contributed by atoms with Crippen LogP contribution in [0.3, 0.4) is 0 Å². The molecule has 1 rings (SSSR count). The average molecular weight is 607 g/mol. The van der Waals surface area contributed by atoms with Crippen LogP contribution < -0.4 is 4.52 Å². The van der Waals surface area contributed by atoms with Crippen molar-refractivity contribution in [3.05, 3.63) is 29.3 Å². The molecule has 0 spiro atoms. The summed E-state index contributed by atoms with van der Waals surface area (Å²) in [6.07, 6.45) is 25.9. The molecule has 4 heteroatoms. The van der Waals surface area contributed by atoms with E-state index in [1.807, 2.05) is 6.07 Å². The van der Waals surface area contributed by atoms with Gasteiger partial charge < -0.3 is 4.52 Å². The molecule has 42 heavy (non-hydrogen) atoms. The van der Waals surface area contributed by atoms with Gasteiger partial charge in [0.2, 0.25) is 0 Å². The molecule has 0 aliphatic heterocycles. The molecule has 0 aliphatic carbocycles. The van der Waals surface area contributed by atoms with Crippen molar-refractivity contribution >= 4 is 7.60 Å². The van der Waals surface area contributed by atoms with Gasteiger partial charge in [0, 0.05) is 5.56 Å². The van der Waals surface area contributed by atoms with E-state index in [4.69, 9.17) is 9.05 Å². The quantitative estimate of drug-likeness (QED) is 0.0820. The Balaban J connectivity index is 2.71. The normalized spacial score (nSPS) is 13.8. The fourth-order valence-corrected chi connectivity index (χ4v) is 7.28. The van der Waals surface area contributed by atoms with Crippen molar-refractivity contribution < 1.29 is 13.6 Å². The summed E-state index contributed by atoms with van der Waals surface area (Å²) in [4.78, 5) is 0. The highest BCUT2D eigenvalue weighted by Crippen LogP contribution is 2.51. The second kappa shape index (κ2) is 21.8. The standard InChI is InChI=1S/C38H71O3P/c1-9-11-13-15-17-19-21-23-25-27-31-40-42(39,32-28-26-24-22-20-18-16-14-12-10-2)41-36-30-29-34(37(3,4)5)33-35(36)38(6,7)8/h29-30,33H,9-28,31-32H2,1-8H3. The van der Waals surface area contributed by atoms with Crippen molar-refractivity contribution in [3.63, 3.8) is 0 Å². The van der Waals surface area contributed by atoms with Crippen molar-refractivity contribution in [3.8, 4) is 5.75 Å². The zero-order chi connectivity index (χ0) is 31.3. The van der Waals surface area contributed by atoms with Crippen LogP contribution in [0.15, 0.2) is 18.2 Å². The average Bonchev–Trinajstić information content (AvgIpc) is 2.92. The van der Waals surface area contributed by atoms with Crippen LogP contribution in [-0.4, -0.2) is 12.8 Å². The Morgan fingerprint density at radius 1 is 0.571 bits per heavy atom. The van der Waals surface area contributed by atoms with Crippen molar-refractivity contribution in [1.82, 2.24) is 0 Å². The zero-order valence-corrected chi connectivity index (χ0v) is 30.4. The van der Waals surface area contributed by atoms with Crippen LogP contribution in [0.2, 0.25) is 0 Å². The predicted molar refractivity (Wildman–Crippen MR) is 187 cm³/mol. The van der Waals surface area contributed by atoms with E-state index < -0.39 is 7.60 Å². The third-order valence-electron chi connectivity index (χ3n) is 8.46. The molecule has 1 unspecified atom stereocenters. The minimum Gasteiger partial charge on any atom is -0.424 e. The summed E-state index contributed by atoms with van der Waals surface area (Å²) in [5, 5.41) is 0. The van der Waals surface area contributed by atoms with Gasteiger partial charge in [-0.3, -0.25) is 4.52 Å². The first-order valence-electron chi connectivity index (χ1n) is 18.0. The molecule has 0 saturated heterocycles. The lowest BCUT2D eigenvalue weighted by molar-refractivity contribution is 0.255. The van der Waals surface area contributed by atoms with Crippen molar-refractivity contribution in [2.45, 2.75) is 195 Å². The highest BCUT2D eigenvalue weighted by atomic mass is 31.2. The third kappa shape index (κ3) is 18.1. The van der Waals surface area contributed by atoms with E-state index in [2.05, 4.69) is 67.5 Å². The van der Waals surface area contributed by atoms with Gasteiger partial charge in [0.05, 0.1) is 12.8 Å². The third-order valence-corrected chi connectivity index (χ3v) is 10.4. The second-order valence-electron chi connectivity index (χ2n) is 14.8. The maximum Gasteiger partial charge on any atom is 0.379 e. The Kier molecular flexibility index (Phi) is 20.4. The number of unbranched alkanes of at least 4 members (excludes halogenated alkanes) is 18. The lowest BCUT2D eigenvalue weighted by Crippen LogP contribution is -2.18. The van der Waals surface area contributed by atoms with Gasteiger partial charge in [-0.25, -0.2) is 4.57 Å². The predicted octanol–water partition coefficient (Wildman–Crippen LogP) is 13.7. The summed E-state index contributed by atoms with van der Waals surface area (Å²) in [6, 6.07) is 6.43. The van der Waals surface area contributed by atoms with Crippen LogP contribution in [0.5, 0.6) is 5.75 Å². The molecule has 3 nitrogen and oxygen atoms in total. The van der Waals surface area contributed by atoms with Gasteiger partial charge >= 0.3 is 7.60 Å². The van der Waals surface area contributed by atoms with Crippen LogP contribution in [0.1, 0.15) is 195 Å². The summed E-state index contributed by atoms with van der Waals surface area (Å²) >= 11 is 0. The van der Waals surface area contributed by atoms with Gasteiger partial charge in [0.1, 0.15) is 5.75 Å². The molecule has 0 N–H and O–H groups in total. The summed E-state index contributed by atoms with van der Waals surface area (Å²) in [5.41, 5.74) is 2.32. The molecule has 1 aromatic rings. The van der Waals surface area contributed by atoms with E-state index in [-0.39, 0.29) is 10.8 Å². The van der Waals surface area contributed by atoms with Crippen molar-refractivity contribution in [2.75, 3.05) is 12.8 Å². The fourth-order valence-electron chi connectivity index (χ4n) is 5.53. The lowest BCUT2D eigenvalue weighted by Gasteiger charge is -2.29. The van der Waals surface area contributed by atoms with Gasteiger partial charge in [0.15, 0.2) is 0 Å². The van der Waals surface area contributed by atoms with Crippen molar-refractivity contribution in [2.24, 2.45) is 0 Å². The number of hydrogen-bond acceptors (Lipinski definition) is 3. The summed E-state index contributed by atoms with van der Waals surface area (Å²) in [7, 11) is -3.24. The molecular weight excluding hydrogens is 535 g/mol. The molecule has 0 heterocycles. The number of hydrogen-bond donors (Lipinski definition) is 0. The Morgan fingerprint density at radius 2 is 1.00 bits per heavy atom. The van der Waals surface area contributed by atoms with Crippen LogP contribution >= 0.6 is 7.60 Å². The molecule has 0 fully saturated rings. The van der Waals surface area contributed by atoms with E-state index in [0.717, 1.165) is 37.0 Å². The maximum atomic E-state index is 14.2. The summed E-state index contributed by atoms with van der Waals surface area (Å²) < 4.78 is 26.8. The van der Waals surface area contributed by atoms with Crippen molar-refractivity contribution in [1.29, 1.82) is 0 Å². The van der Waals surface area contributed by atoms with Gasteiger partial charge in [-0.15, -0.1) is 0 Å². The number of benzene rings is 1. The van der Waals surface area contributed by atoms with Crippen LogP contribution in [0.4, 0.5) is 0 Å². The van der Waals surface area contributed by atoms with Gasteiger partial charge in [-0.05, 0) is 35.3 Å². The monoisotopic (exact) mass is 607 g/mol. The highest BCUT2D eigenvalue weighted by Gasteiger charge is 2.30. The fraction of sp³-hybridized carbons (Fsp3) is 0.842. The van der Waals surface area contributed by atoms with Gasteiger partial charge in [-0.1, -0.05) is 183 Å². The molecule has 246 valence electrons. The second-order valence-corrected chi connectivity index (χ2v) is 16.9.